The molecule has 1 fully saturated rings. The average Bonchev–Trinajstić information content (AvgIpc) is 2.91. The molecular weight excluding hydrogens is 318 g/mol. The molecule has 1 amide bonds. The lowest BCUT2D eigenvalue weighted by atomic mass is 9.93. The minimum atomic E-state index is -0.968. The van der Waals surface area contributed by atoms with Crippen molar-refractivity contribution in [3.8, 4) is 5.75 Å². The second kappa shape index (κ2) is 7.68. The Bertz CT molecular complexity index is 701. The molecule has 2 aromatic carbocycles. The molecule has 0 heterocycles. The molecule has 3 N–H and O–H groups in total. The lowest BCUT2D eigenvalue weighted by molar-refractivity contribution is -0.122. The lowest BCUT2D eigenvalue weighted by Gasteiger charge is -2.24. The highest BCUT2D eigenvalue weighted by Gasteiger charge is 2.42. The van der Waals surface area contributed by atoms with Gasteiger partial charge in [-0.15, -0.1) is 0 Å². The van der Waals surface area contributed by atoms with E-state index in [1.807, 2.05) is 54.6 Å². The lowest BCUT2D eigenvalue weighted by Crippen LogP contribution is -2.45. The average molecular weight is 341 g/mol. The summed E-state index contributed by atoms with van der Waals surface area (Å²) in [6.07, 6.45) is -1.16. The third kappa shape index (κ3) is 4.00. The van der Waals surface area contributed by atoms with Gasteiger partial charge in [0, 0.05) is 5.92 Å². The van der Waals surface area contributed by atoms with E-state index in [9.17, 15) is 15.0 Å². The predicted octanol–water partition coefficient (Wildman–Crippen LogP) is 1.63. The Hall–Kier alpha value is -2.37. The molecule has 1 aliphatic rings. The number of amides is 1. The summed E-state index contributed by atoms with van der Waals surface area (Å²) in [6.45, 7) is 0. The molecule has 1 saturated carbocycles. The molecule has 0 unspecified atom stereocenters. The van der Waals surface area contributed by atoms with E-state index in [4.69, 9.17) is 4.74 Å². The Kier molecular flexibility index (Phi) is 5.36. The van der Waals surface area contributed by atoms with Crippen molar-refractivity contribution in [3.05, 3.63) is 65.7 Å². The highest BCUT2D eigenvalue weighted by atomic mass is 16.5. The van der Waals surface area contributed by atoms with E-state index in [1.165, 1.54) is 0 Å². The molecule has 0 bridgehead atoms. The van der Waals surface area contributed by atoms with Gasteiger partial charge in [-0.3, -0.25) is 4.79 Å². The van der Waals surface area contributed by atoms with Gasteiger partial charge in [-0.25, -0.2) is 0 Å². The van der Waals surface area contributed by atoms with Crippen molar-refractivity contribution in [1.82, 2.24) is 5.32 Å². The Morgan fingerprint density at radius 1 is 1.12 bits per heavy atom. The van der Waals surface area contributed by atoms with E-state index in [1.54, 1.807) is 7.11 Å². The number of carbonyl (C=O) groups is 1. The summed E-state index contributed by atoms with van der Waals surface area (Å²) >= 11 is 0. The maximum absolute atomic E-state index is 12.4. The van der Waals surface area contributed by atoms with Crippen molar-refractivity contribution in [2.75, 3.05) is 7.11 Å². The van der Waals surface area contributed by atoms with Crippen molar-refractivity contribution in [2.24, 2.45) is 0 Å². The van der Waals surface area contributed by atoms with E-state index in [2.05, 4.69) is 5.32 Å². The molecule has 0 radical (unpaired) electrons. The molecular formula is C20H23NO4. The summed E-state index contributed by atoms with van der Waals surface area (Å²) in [6, 6.07) is 16.5. The van der Waals surface area contributed by atoms with Gasteiger partial charge in [0.2, 0.25) is 5.91 Å². The minimum absolute atomic E-state index is 0.106. The van der Waals surface area contributed by atoms with Crippen LogP contribution in [-0.2, 0) is 11.2 Å². The Balaban J connectivity index is 1.69. The van der Waals surface area contributed by atoms with Gasteiger partial charge in [0.05, 0.1) is 25.7 Å². The van der Waals surface area contributed by atoms with Crippen molar-refractivity contribution in [1.29, 1.82) is 0 Å². The maximum Gasteiger partial charge on any atom is 0.224 e. The topological polar surface area (TPSA) is 78.8 Å². The van der Waals surface area contributed by atoms with Crippen LogP contribution in [0.1, 0.15) is 23.5 Å². The van der Waals surface area contributed by atoms with Crippen LogP contribution < -0.4 is 10.1 Å². The molecule has 0 aromatic heterocycles. The Labute approximate surface area is 147 Å². The van der Waals surface area contributed by atoms with Crippen LogP contribution in [0.4, 0.5) is 0 Å². The van der Waals surface area contributed by atoms with E-state index >= 15 is 0 Å². The molecule has 1 aliphatic carbocycles. The number of aliphatic hydroxyl groups excluding tert-OH is 2. The van der Waals surface area contributed by atoms with Crippen LogP contribution in [0.25, 0.3) is 0 Å². The number of hydrogen-bond acceptors (Lipinski definition) is 4. The zero-order chi connectivity index (χ0) is 17.8. The SMILES string of the molecule is COc1ccc(CC(=O)N[C@H]2[C@H](O)[C@H](O)C[C@@H]2c2ccccc2)cc1. The molecule has 132 valence electrons. The number of methoxy groups -OCH3 is 1. The number of rotatable bonds is 5. The van der Waals surface area contributed by atoms with E-state index in [-0.39, 0.29) is 18.2 Å². The predicted molar refractivity (Wildman–Crippen MR) is 94.4 cm³/mol. The normalized spacial score (nSPS) is 25.6. The maximum atomic E-state index is 12.4. The van der Waals surface area contributed by atoms with Gasteiger partial charge in [-0.1, -0.05) is 42.5 Å². The summed E-state index contributed by atoms with van der Waals surface area (Å²) < 4.78 is 5.11. The first kappa shape index (κ1) is 17.5. The van der Waals surface area contributed by atoms with Crippen LogP contribution in [0.5, 0.6) is 5.75 Å². The molecule has 0 saturated heterocycles. The molecule has 0 aliphatic heterocycles. The van der Waals surface area contributed by atoms with Gasteiger partial charge in [0.15, 0.2) is 0 Å². The minimum Gasteiger partial charge on any atom is -0.497 e. The molecule has 3 rings (SSSR count). The Morgan fingerprint density at radius 2 is 1.80 bits per heavy atom. The first-order valence-corrected chi connectivity index (χ1v) is 8.42. The number of hydrogen-bond donors (Lipinski definition) is 3. The Morgan fingerprint density at radius 3 is 2.44 bits per heavy atom. The van der Waals surface area contributed by atoms with Gasteiger partial charge in [0.1, 0.15) is 11.9 Å². The second-order valence-electron chi connectivity index (χ2n) is 6.43. The fourth-order valence-corrected chi connectivity index (χ4v) is 3.42. The molecule has 5 heteroatoms. The fraction of sp³-hybridized carbons (Fsp3) is 0.350. The zero-order valence-corrected chi connectivity index (χ0v) is 14.1. The summed E-state index contributed by atoms with van der Waals surface area (Å²) in [5.74, 6) is 0.456. The van der Waals surface area contributed by atoms with Crippen molar-refractivity contribution in [2.45, 2.75) is 37.0 Å². The highest BCUT2D eigenvalue weighted by Crippen LogP contribution is 2.35. The summed E-state index contributed by atoms with van der Waals surface area (Å²) in [5, 5.41) is 23.2. The smallest absolute Gasteiger partial charge is 0.224 e. The third-order valence-electron chi connectivity index (χ3n) is 4.77. The van der Waals surface area contributed by atoms with Gasteiger partial charge in [0.25, 0.3) is 0 Å². The van der Waals surface area contributed by atoms with Crippen LogP contribution in [0.2, 0.25) is 0 Å². The highest BCUT2D eigenvalue weighted by molar-refractivity contribution is 5.79. The fourth-order valence-electron chi connectivity index (χ4n) is 3.42. The summed E-state index contributed by atoms with van der Waals surface area (Å²) in [5.41, 5.74) is 1.87. The van der Waals surface area contributed by atoms with Gasteiger partial charge < -0.3 is 20.3 Å². The molecule has 0 spiro atoms. The summed E-state index contributed by atoms with van der Waals surface area (Å²) in [4.78, 5) is 12.4. The first-order valence-electron chi connectivity index (χ1n) is 8.42. The van der Waals surface area contributed by atoms with Crippen molar-refractivity contribution >= 4 is 5.91 Å². The third-order valence-corrected chi connectivity index (χ3v) is 4.77. The quantitative estimate of drug-likeness (QED) is 0.772. The summed E-state index contributed by atoms with van der Waals surface area (Å²) in [7, 11) is 1.60. The van der Waals surface area contributed by atoms with E-state index in [0.29, 0.717) is 6.42 Å². The van der Waals surface area contributed by atoms with Crippen LogP contribution in [0, 0.1) is 0 Å². The van der Waals surface area contributed by atoms with Crippen LogP contribution >= 0.6 is 0 Å². The monoisotopic (exact) mass is 341 g/mol. The molecule has 25 heavy (non-hydrogen) atoms. The zero-order valence-electron chi connectivity index (χ0n) is 14.1. The first-order chi connectivity index (χ1) is 12.1. The van der Waals surface area contributed by atoms with E-state index in [0.717, 1.165) is 16.9 Å². The van der Waals surface area contributed by atoms with Crippen molar-refractivity contribution in [3.63, 3.8) is 0 Å². The van der Waals surface area contributed by atoms with Crippen LogP contribution in [-0.4, -0.2) is 41.5 Å². The van der Waals surface area contributed by atoms with Gasteiger partial charge in [-0.2, -0.15) is 0 Å². The molecule has 4 atom stereocenters. The largest absolute Gasteiger partial charge is 0.497 e. The number of benzene rings is 2. The standard InChI is InChI=1S/C20H23NO4/c1-25-15-9-7-13(8-10-15)11-18(23)21-19-16(12-17(22)20(19)24)14-5-3-2-4-6-14/h2-10,16-17,19-20,22,24H,11-12H2,1H3,(H,21,23)/t16-,17-,19-,20-/m1/s1. The number of nitrogens with one attached hydrogen (secondary N) is 1. The second-order valence-corrected chi connectivity index (χ2v) is 6.43. The molecule has 5 nitrogen and oxygen atoms in total. The molecule has 2 aromatic rings. The number of ether oxygens (including phenoxy) is 1. The van der Waals surface area contributed by atoms with Gasteiger partial charge in [-0.05, 0) is 29.7 Å². The van der Waals surface area contributed by atoms with Crippen LogP contribution in [0.15, 0.2) is 54.6 Å². The number of carbonyl (C=O) groups excluding carboxylic acids is 1. The van der Waals surface area contributed by atoms with Crippen molar-refractivity contribution < 1.29 is 19.7 Å². The van der Waals surface area contributed by atoms with Crippen LogP contribution in [0.3, 0.4) is 0 Å². The van der Waals surface area contributed by atoms with Gasteiger partial charge >= 0.3 is 0 Å². The number of aliphatic hydroxyl groups is 2. The van der Waals surface area contributed by atoms with E-state index < -0.39 is 18.2 Å².